The number of fused-ring (bicyclic) bond motifs is 1. The van der Waals surface area contributed by atoms with Crippen LogP contribution in [0.1, 0.15) is 46.9 Å². The maximum absolute atomic E-state index is 12.7. The molecule has 2 heterocycles. The quantitative estimate of drug-likeness (QED) is 0.0898. The molecule has 0 aliphatic carbocycles. The van der Waals surface area contributed by atoms with Crippen LogP contribution in [0.4, 0.5) is 5.69 Å². The summed E-state index contributed by atoms with van der Waals surface area (Å²) >= 11 is 0. The Morgan fingerprint density at radius 3 is 1.89 bits per heavy atom. The molecule has 1 amide bonds. The van der Waals surface area contributed by atoms with Crippen molar-refractivity contribution in [1.82, 2.24) is 10.5 Å². The summed E-state index contributed by atoms with van der Waals surface area (Å²) in [7, 11) is 9.43. The minimum Gasteiger partial charge on any atom is -0.493 e. The highest BCUT2D eigenvalue weighted by atomic mass is 16.5. The standard InChI is InChI=1S/C41H45N3O10/c1-24-11-13-29-28(17-24)41(45)43-40(42-29)25-12-14-31(33(18-25)46-2)52-15-9-8-10-16-53-39-36(49-5)19-26(20-37(39)50-6)30-23-32(54-44-30)27-21-34(47-3)38(51-7)35(22-27)48-4/h11-14,17-23,40,42H,8-10,15-16H2,1-7H3,(H,43,45). The first-order valence-electron chi connectivity index (χ1n) is 17.5. The lowest BCUT2D eigenvalue weighted by Gasteiger charge is -2.28. The zero-order chi connectivity index (χ0) is 38.2. The van der Waals surface area contributed by atoms with E-state index in [0.717, 1.165) is 41.6 Å². The Morgan fingerprint density at radius 2 is 1.24 bits per heavy atom. The van der Waals surface area contributed by atoms with E-state index in [0.29, 0.717) is 81.8 Å². The monoisotopic (exact) mass is 739 g/mol. The zero-order valence-corrected chi connectivity index (χ0v) is 31.5. The van der Waals surface area contributed by atoms with Crippen LogP contribution in [-0.2, 0) is 0 Å². The van der Waals surface area contributed by atoms with Crippen LogP contribution in [0.5, 0.6) is 46.0 Å². The number of unbranched alkanes of at least 4 members (excludes halogenated alkanes) is 2. The third kappa shape index (κ3) is 8.04. The van der Waals surface area contributed by atoms with Gasteiger partial charge in [0.1, 0.15) is 11.9 Å². The Kier molecular flexibility index (Phi) is 11.9. The van der Waals surface area contributed by atoms with Gasteiger partial charge in [0.2, 0.25) is 11.5 Å². The summed E-state index contributed by atoms with van der Waals surface area (Å²) < 4.78 is 51.4. The molecule has 2 N–H and O–H groups in total. The van der Waals surface area contributed by atoms with E-state index in [1.807, 2.05) is 61.5 Å². The SMILES string of the molecule is COc1cc(C2NC(=O)c3cc(C)ccc3N2)ccc1OCCCCCOc1c(OC)cc(-c2cc(-c3cc(OC)c(OC)c(OC)c3)on2)cc1OC. The zero-order valence-electron chi connectivity index (χ0n) is 31.5. The summed E-state index contributed by atoms with van der Waals surface area (Å²) in [6, 6.07) is 20.5. The summed E-state index contributed by atoms with van der Waals surface area (Å²) in [5.74, 6) is 4.60. The first kappa shape index (κ1) is 37.5. The average Bonchev–Trinajstić information content (AvgIpc) is 3.70. The second kappa shape index (κ2) is 17.1. The minimum atomic E-state index is -0.389. The Bertz CT molecular complexity index is 2050. The molecule has 0 spiro atoms. The number of amides is 1. The van der Waals surface area contributed by atoms with Gasteiger partial charge in [-0.1, -0.05) is 22.9 Å². The summed E-state index contributed by atoms with van der Waals surface area (Å²) in [6.07, 6.45) is 2.06. The number of nitrogens with zero attached hydrogens (tertiary/aromatic N) is 1. The summed E-state index contributed by atoms with van der Waals surface area (Å²) in [5.41, 5.74) is 5.31. The number of carbonyl (C=O) groups is 1. The van der Waals surface area contributed by atoms with Crippen LogP contribution >= 0.6 is 0 Å². The fraction of sp³-hybridized carbons (Fsp3) is 0.317. The number of hydrogen-bond donors (Lipinski definition) is 2. The number of rotatable bonds is 17. The summed E-state index contributed by atoms with van der Waals surface area (Å²) in [4.78, 5) is 12.7. The Balaban J connectivity index is 1.02. The summed E-state index contributed by atoms with van der Waals surface area (Å²) in [5, 5.41) is 10.7. The van der Waals surface area contributed by atoms with Crippen molar-refractivity contribution in [3.05, 3.63) is 83.4 Å². The largest absolute Gasteiger partial charge is 0.493 e. The molecule has 54 heavy (non-hydrogen) atoms. The number of aromatic nitrogens is 1. The molecule has 284 valence electrons. The Morgan fingerprint density at radius 1 is 0.611 bits per heavy atom. The van der Waals surface area contributed by atoms with Crippen molar-refractivity contribution in [2.45, 2.75) is 32.4 Å². The third-order valence-corrected chi connectivity index (χ3v) is 9.02. The van der Waals surface area contributed by atoms with E-state index in [-0.39, 0.29) is 12.1 Å². The number of benzene rings is 4. The summed E-state index contributed by atoms with van der Waals surface area (Å²) in [6.45, 7) is 2.91. The van der Waals surface area contributed by atoms with Crippen LogP contribution in [0, 0.1) is 6.92 Å². The van der Waals surface area contributed by atoms with Gasteiger partial charge in [-0.05, 0) is 80.3 Å². The second-order valence-electron chi connectivity index (χ2n) is 12.5. The molecular formula is C41H45N3O10. The fourth-order valence-electron chi connectivity index (χ4n) is 6.20. The first-order valence-corrected chi connectivity index (χ1v) is 17.5. The molecule has 6 rings (SSSR count). The number of anilines is 1. The van der Waals surface area contributed by atoms with E-state index < -0.39 is 0 Å². The molecule has 1 atom stereocenters. The number of nitrogens with one attached hydrogen (secondary N) is 2. The van der Waals surface area contributed by atoms with E-state index in [2.05, 4.69) is 15.8 Å². The predicted molar refractivity (Wildman–Crippen MR) is 203 cm³/mol. The molecule has 1 aliphatic rings. The molecule has 13 heteroatoms. The van der Waals surface area contributed by atoms with Crippen molar-refractivity contribution in [3.63, 3.8) is 0 Å². The topological polar surface area (TPSA) is 141 Å². The van der Waals surface area contributed by atoms with Gasteiger partial charge in [-0.15, -0.1) is 0 Å². The van der Waals surface area contributed by atoms with Crippen molar-refractivity contribution < 1.29 is 47.2 Å². The van der Waals surface area contributed by atoms with Crippen molar-refractivity contribution in [3.8, 4) is 68.6 Å². The van der Waals surface area contributed by atoms with Crippen LogP contribution in [0.2, 0.25) is 0 Å². The molecule has 4 aromatic carbocycles. The van der Waals surface area contributed by atoms with Crippen molar-refractivity contribution in [2.75, 3.05) is 61.2 Å². The first-order chi connectivity index (χ1) is 26.3. The van der Waals surface area contributed by atoms with Crippen molar-refractivity contribution >= 4 is 11.6 Å². The molecule has 1 aromatic heterocycles. The number of methoxy groups -OCH3 is 6. The Labute approximate surface area is 314 Å². The van der Waals surface area contributed by atoms with Crippen molar-refractivity contribution in [2.24, 2.45) is 0 Å². The smallest absolute Gasteiger partial charge is 0.255 e. The molecule has 0 bridgehead atoms. The van der Waals surface area contributed by atoms with Crippen LogP contribution in [-0.4, -0.2) is 66.9 Å². The highest BCUT2D eigenvalue weighted by Gasteiger charge is 2.26. The van der Waals surface area contributed by atoms with E-state index in [9.17, 15) is 4.79 Å². The fourth-order valence-corrected chi connectivity index (χ4v) is 6.20. The number of aryl methyl sites for hydroxylation is 1. The van der Waals surface area contributed by atoms with E-state index >= 15 is 0 Å². The molecular weight excluding hydrogens is 694 g/mol. The Hall–Kier alpha value is -6.24. The lowest BCUT2D eigenvalue weighted by atomic mass is 10.0. The maximum atomic E-state index is 12.7. The average molecular weight is 740 g/mol. The van der Waals surface area contributed by atoms with Gasteiger partial charge < -0.3 is 53.1 Å². The number of carbonyl (C=O) groups excluding carboxylic acids is 1. The van der Waals surface area contributed by atoms with Gasteiger partial charge in [0, 0.05) is 22.9 Å². The molecule has 5 aromatic rings. The van der Waals surface area contributed by atoms with Crippen molar-refractivity contribution in [1.29, 1.82) is 0 Å². The molecule has 1 aliphatic heterocycles. The lowest BCUT2D eigenvalue weighted by molar-refractivity contribution is 0.0935. The van der Waals surface area contributed by atoms with Gasteiger partial charge >= 0.3 is 0 Å². The van der Waals surface area contributed by atoms with Crippen LogP contribution in [0.15, 0.2) is 71.3 Å². The minimum absolute atomic E-state index is 0.121. The van der Waals surface area contributed by atoms with Gasteiger partial charge in [0.05, 0.1) is 61.4 Å². The van der Waals surface area contributed by atoms with Crippen LogP contribution in [0.25, 0.3) is 22.6 Å². The van der Waals surface area contributed by atoms with E-state index in [1.54, 1.807) is 54.8 Å². The maximum Gasteiger partial charge on any atom is 0.255 e. The van der Waals surface area contributed by atoms with E-state index in [1.165, 1.54) is 0 Å². The van der Waals surface area contributed by atoms with Gasteiger partial charge in [-0.25, -0.2) is 0 Å². The third-order valence-electron chi connectivity index (χ3n) is 9.02. The number of ether oxygens (including phenoxy) is 8. The number of hydrogen-bond acceptors (Lipinski definition) is 12. The van der Waals surface area contributed by atoms with E-state index in [4.69, 9.17) is 42.4 Å². The molecule has 0 saturated heterocycles. The highest BCUT2D eigenvalue weighted by molar-refractivity contribution is 6.02. The molecule has 1 unspecified atom stereocenters. The lowest BCUT2D eigenvalue weighted by Crippen LogP contribution is -2.38. The predicted octanol–water partition coefficient (Wildman–Crippen LogP) is 7.85. The van der Waals surface area contributed by atoms with Gasteiger partial charge in [0.15, 0.2) is 40.3 Å². The highest BCUT2D eigenvalue weighted by Crippen LogP contribution is 2.44. The molecule has 13 nitrogen and oxygen atoms in total. The second-order valence-corrected chi connectivity index (χ2v) is 12.5. The van der Waals surface area contributed by atoms with Gasteiger partial charge in [-0.3, -0.25) is 4.79 Å². The van der Waals surface area contributed by atoms with Gasteiger partial charge in [0.25, 0.3) is 5.91 Å². The molecule has 0 radical (unpaired) electrons. The van der Waals surface area contributed by atoms with Gasteiger partial charge in [-0.2, -0.15) is 0 Å². The van der Waals surface area contributed by atoms with Crippen LogP contribution < -0.4 is 48.5 Å². The molecule has 0 fully saturated rings. The molecule has 0 saturated carbocycles. The van der Waals surface area contributed by atoms with Crippen LogP contribution in [0.3, 0.4) is 0 Å². The normalized spacial score (nSPS) is 13.2.